The van der Waals surface area contributed by atoms with Gasteiger partial charge in [-0.25, -0.2) is 0 Å². The molecule has 0 aliphatic carbocycles. The topological polar surface area (TPSA) is 0 Å². The van der Waals surface area contributed by atoms with E-state index in [-0.39, 0.29) is 0 Å². The average Bonchev–Trinajstić information content (AvgIpc) is 2.39. The van der Waals surface area contributed by atoms with Gasteiger partial charge >= 0.3 is 0 Å². The van der Waals surface area contributed by atoms with E-state index in [2.05, 4.69) is 58.2 Å². The molecule has 0 amide bonds. The van der Waals surface area contributed by atoms with Gasteiger partial charge in [-0.15, -0.1) is 0 Å². The number of aryl methyl sites for hydroxylation is 1. The van der Waals surface area contributed by atoms with Gasteiger partial charge < -0.3 is 0 Å². The first-order chi connectivity index (χ1) is 9.02. The second-order valence-corrected chi connectivity index (χ2v) is 5.05. The van der Waals surface area contributed by atoms with E-state index in [9.17, 15) is 0 Å². The fourth-order valence-electron chi connectivity index (χ4n) is 2.63. The van der Waals surface area contributed by atoms with Crippen molar-refractivity contribution in [1.29, 1.82) is 0 Å². The van der Waals surface area contributed by atoms with E-state index in [1.54, 1.807) is 0 Å². The normalized spacial score (nSPS) is 10.3. The molecule has 0 spiro atoms. The largest absolute Gasteiger partial charge is 0.0955 e. The van der Waals surface area contributed by atoms with E-state index in [1.807, 2.05) is 18.2 Å². The Labute approximate surface area is 116 Å². The van der Waals surface area contributed by atoms with Gasteiger partial charge in [0.2, 0.25) is 0 Å². The third-order valence-corrected chi connectivity index (χ3v) is 3.55. The highest BCUT2D eigenvalue weighted by Gasteiger charge is 2.11. The lowest BCUT2D eigenvalue weighted by atomic mass is 9.88. The lowest BCUT2D eigenvalue weighted by Crippen LogP contribution is -1.97. The summed E-state index contributed by atoms with van der Waals surface area (Å²) in [7, 11) is 0. The van der Waals surface area contributed by atoms with E-state index in [4.69, 9.17) is 0 Å². The summed E-state index contributed by atoms with van der Waals surface area (Å²) < 4.78 is 0. The molecule has 0 unspecified atom stereocenters. The maximum atomic E-state index is 4.26. The summed E-state index contributed by atoms with van der Waals surface area (Å²) in [6.45, 7) is 14.7. The first-order valence-corrected chi connectivity index (χ1v) is 6.53. The first kappa shape index (κ1) is 13.4. The Balaban J connectivity index is 2.56. The van der Waals surface area contributed by atoms with Crippen molar-refractivity contribution in [2.75, 3.05) is 0 Å². The van der Waals surface area contributed by atoms with Crippen LogP contribution in [0.1, 0.15) is 34.7 Å². The molecule has 96 valence electrons. The molecule has 0 atom stereocenters. The number of allylic oxidation sites excluding steroid dienone is 1. The van der Waals surface area contributed by atoms with Crippen LogP contribution in [-0.2, 0) is 0 Å². The lowest BCUT2D eigenvalue weighted by Gasteiger charge is -2.16. The van der Waals surface area contributed by atoms with Gasteiger partial charge in [0.25, 0.3) is 0 Å². The van der Waals surface area contributed by atoms with Crippen molar-refractivity contribution in [3.05, 3.63) is 83.4 Å². The highest BCUT2D eigenvalue weighted by atomic mass is 14.2. The van der Waals surface area contributed by atoms with Gasteiger partial charge in [0.05, 0.1) is 0 Å². The molecule has 0 aliphatic rings. The third-order valence-electron chi connectivity index (χ3n) is 3.55. The van der Waals surface area contributed by atoms with Gasteiger partial charge in [-0.3, -0.25) is 0 Å². The molecular formula is C19H20. The van der Waals surface area contributed by atoms with E-state index >= 15 is 0 Å². The van der Waals surface area contributed by atoms with Crippen LogP contribution >= 0.6 is 0 Å². The zero-order valence-corrected chi connectivity index (χ0v) is 12.0. The fraction of sp³-hybridized carbons (Fsp3) is 0.158. The van der Waals surface area contributed by atoms with E-state index < -0.39 is 0 Å². The molecule has 19 heavy (non-hydrogen) atoms. The molecule has 0 saturated carbocycles. The van der Waals surface area contributed by atoms with E-state index in [0.29, 0.717) is 0 Å². The van der Waals surface area contributed by atoms with Crippen LogP contribution in [0.25, 0.3) is 11.1 Å². The maximum absolute atomic E-state index is 4.26. The predicted molar refractivity (Wildman–Crippen MR) is 85.2 cm³/mol. The van der Waals surface area contributed by atoms with Crippen molar-refractivity contribution in [3.63, 3.8) is 0 Å². The molecule has 0 aromatic heterocycles. The molecule has 0 aliphatic heterocycles. The Morgan fingerprint density at radius 1 is 0.895 bits per heavy atom. The second kappa shape index (κ2) is 5.27. The summed E-state index contributed by atoms with van der Waals surface area (Å²) in [5.74, 6) is 0. The van der Waals surface area contributed by atoms with Crippen molar-refractivity contribution < 1.29 is 0 Å². The highest BCUT2D eigenvalue weighted by Crippen LogP contribution is 2.30. The lowest BCUT2D eigenvalue weighted by molar-refractivity contribution is 1.31. The molecular weight excluding hydrogens is 228 g/mol. The number of hydrogen-bond donors (Lipinski definition) is 0. The van der Waals surface area contributed by atoms with Crippen molar-refractivity contribution in [2.24, 2.45) is 0 Å². The Morgan fingerprint density at radius 2 is 1.53 bits per heavy atom. The Kier molecular flexibility index (Phi) is 3.71. The van der Waals surface area contributed by atoms with Crippen LogP contribution in [0.3, 0.4) is 0 Å². The van der Waals surface area contributed by atoms with Crippen LogP contribution in [0, 0.1) is 13.8 Å². The summed E-state index contributed by atoms with van der Waals surface area (Å²) in [5, 5.41) is 0. The Hall–Kier alpha value is -2.08. The van der Waals surface area contributed by atoms with Crippen LogP contribution in [0.15, 0.2) is 55.6 Å². The van der Waals surface area contributed by atoms with E-state index in [1.165, 1.54) is 27.8 Å². The molecule has 0 N–H and O–H groups in total. The van der Waals surface area contributed by atoms with Crippen LogP contribution < -0.4 is 0 Å². The average molecular weight is 248 g/mol. The number of rotatable bonds is 3. The zero-order chi connectivity index (χ0) is 14.0. The standard InChI is InChI=1S/C19H20/c1-13(2)19-14(3)11-12-18(16(19)5)15(4)17-9-7-6-8-10-17/h6-12H,1,4H2,2-3,5H3. The SMILES string of the molecule is C=C(c1ccccc1)c1ccc(C)c(C(=C)C)c1C. The fourth-order valence-corrected chi connectivity index (χ4v) is 2.63. The Bertz CT molecular complexity index is 631. The van der Waals surface area contributed by atoms with Crippen LogP contribution in [0.4, 0.5) is 0 Å². The summed E-state index contributed by atoms with van der Waals surface area (Å²) in [5.41, 5.74) is 8.35. The smallest absolute Gasteiger partial charge is 0.0148 e. The second-order valence-electron chi connectivity index (χ2n) is 5.05. The van der Waals surface area contributed by atoms with Gasteiger partial charge in [-0.05, 0) is 54.2 Å². The summed E-state index contributed by atoms with van der Waals surface area (Å²) in [6, 6.07) is 14.6. The van der Waals surface area contributed by atoms with E-state index in [0.717, 1.165) is 11.1 Å². The minimum atomic E-state index is 1.07. The van der Waals surface area contributed by atoms with Gasteiger partial charge in [-0.1, -0.05) is 61.2 Å². The number of hydrogen-bond acceptors (Lipinski definition) is 0. The zero-order valence-electron chi connectivity index (χ0n) is 12.0. The molecule has 0 heterocycles. The molecule has 0 fully saturated rings. The molecule has 0 heteroatoms. The first-order valence-electron chi connectivity index (χ1n) is 6.53. The van der Waals surface area contributed by atoms with Crippen LogP contribution in [0.2, 0.25) is 0 Å². The molecule has 2 aromatic rings. The molecule has 0 bridgehead atoms. The number of benzene rings is 2. The predicted octanol–water partition coefficient (Wildman–Crippen LogP) is 5.40. The van der Waals surface area contributed by atoms with Crippen LogP contribution in [0.5, 0.6) is 0 Å². The van der Waals surface area contributed by atoms with Crippen molar-refractivity contribution in [2.45, 2.75) is 20.8 Å². The van der Waals surface area contributed by atoms with Gasteiger partial charge in [-0.2, -0.15) is 0 Å². The minimum absolute atomic E-state index is 1.07. The van der Waals surface area contributed by atoms with Crippen molar-refractivity contribution >= 4 is 11.1 Å². The summed E-state index contributed by atoms with van der Waals surface area (Å²) in [4.78, 5) is 0. The van der Waals surface area contributed by atoms with Gasteiger partial charge in [0, 0.05) is 0 Å². The summed E-state index contributed by atoms with van der Waals surface area (Å²) in [6.07, 6.45) is 0. The third kappa shape index (κ3) is 2.53. The monoisotopic (exact) mass is 248 g/mol. The van der Waals surface area contributed by atoms with Gasteiger partial charge in [0.15, 0.2) is 0 Å². The van der Waals surface area contributed by atoms with Crippen LogP contribution in [-0.4, -0.2) is 0 Å². The van der Waals surface area contributed by atoms with Crippen molar-refractivity contribution in [1.82, 2.24) is 0 Å². The molecule has 0 radical (unpaired) electrons. The van der Waals surface area contributed by atoms with Gasteiger partial charge in [0.1, 0.15) is 0 Å². The quantitative estimate of drug-likeness (QED) is 0.682. The van der Waals surface area contributed by atoms with Crippen molar-refractivity contribution in [3.8, 4) is 0 Å². The maximum Gasteiger partial charge on any atom is -0.0148 e. The summed E-state index contributed by atoms with van der Waals surface area (Å²) >= 11 is 0. The molecule has 0 nitrogen and oxygen atoms in total. The minimum Gasteiger partial charge on any atom is -0.0955 e. The Morgan fingerprint density at radius 3 is 2.11 bits per heavy atom. The molecule has 2 rings (SSSR count). The molecule has 0 saturated heterocycles. The highest BCUT2D eigenvalue weighted by molar-refractivity contribution is 5.83. The molecule has 2 aromatic carbocycles.